The average molecular weight is 308 g/mol. The van der Waals surface area contributed by atoms with E-state index in [1.807, 2.05) is 0 Å². The van der Waals surface area contributed by atoms with Crippen molar-refractivity contribution in [3.63, 3.8) is 0 Å². The van der Waals surface area contributed by atoms with Gasteiger partial charge in [0.25, 0.3) is 5.56 Å². The molecule has 3 heterocycles. The quantitative estimate of drug-likeness (QED) is 0.868. The molecule has 0 saturated carbocycles. The van der Waals surface area contributed by atoms with Crippen LogP contribution in [0.1, 0.15) is 29.7 Å². The van der Waals surface area contributed by atoms with Crippen molar-refractivity contribution >= 4 is 33.8 Å². The first-order chi connectivity index (χ1) is 9.74. The molecule has 106 valence electrons. The second-order valence-electron chi connectivity index (χ2n) is 5.54. The maximum Gasteiger partial charge on any atom is 0.263 e. The number of aromatic amines is 1. The lowest BCUT2D eigenvalue weighted by Gasteiger charge is -2.12. The van der Waals surface area contributed by atoms with Crippen LogP contribution in [0.3, 0.4) is 0 Å². The number of nitrogens with zero attached hydrogens (tertiary/aromatic N) is 1. The third-order valence-corrected chi connectivity index (χ3v) is 5.79. The summed E-state index contributed by atoms with van der Waals surface area (Å²) in [4.78, 5) is 18.3. The van der Waals surface area contributed by atoms with Crippen LogP contribution in [0, 0.1) is 4.77 Å². The van der Waals surface area contributed by atoms with E-state index < -0.39 is 0 Å². The van der Waals surface area contributed by atoms with Gasteiger partial charge in [0, 0.05) is 11.5 Å². The number of hydrogen-bond acceptors (Lipinski definition) is 4. The number of nitrogens with one attached hydrogen (secondary N) is 1. The van der Waals surface area contributed by atoms with Crippen LogP contribution in [0.25, 0.3) is 10.2 Å². The van der Waals surface area contributed by atoms with Crippen molar-refractivity contribution in [3.8, 4) is 0 Å². The summed E-state index contributed by atoms with van der Waals surface area (Å²) in [5.41, 5.74) is 1.32. The Morgan fingerprint density at radius 2 is 2.30 bits per heavy atom. The van der Waals surface area contributed by atoms with Gasteiger partial charge in [0.05, 0.1) is 18.0 Å². The van der Waals surface area contributed by atoms with Crippen molar-refractivity contribution in [3.05, 3.63) is 25.6 Å². The largest absolute Gasteiger partial charge is 0.376 e. The standard InChI is InChI=1S/C14H16N2O2S2/c17-13-11-9-4-1-5-10(9)20-12(11)15-14(19)16(13)7-8-3-2-6-18-8/h8H,1-7H2,(H,15,19)/t8-/m0/s1. The first kappa shape index (κ1) is 12.7. The molecule has 0 amide bonds. The molecule has 20 heavy (non-hydrogen) atoms. The molecule has 1 aliphatic heterocycles. The Kier molecular flexibility index (Phi) is 3.05. The molecule has 1 fully saturated rings. The van der Waals surface area contributed by atoms with Gasteiger partial charge in [-0.2, -0.15) is 0 Å². The first-order valence-electron chi connectivity index (χ1n) is 7.13. The molecule has 1 atom stereocenters. The Morgan fingerprint density at radius 3 is 3.10 bits per heavy atom. The van der Waals surface area contributed by atoms with Crippen LogP contribution < -0.4 is 5.56 Å². The highest BCUT2D eigenvalue weighted by atomic mass is 32.1. The van der Waals surface area contributed by atoms with E-state index in [1.165, 1.54) is 10.4 Å². The van der Waals surface area contributed by atoms with Crippen molar-refractivity contribution in [2.24, 2.45) is 0 Å². The molecular weight excluding hydrogens is 292 g/mol. The SMILES string of the molecule is O=c1c2c3c(sc2[nH]c(=S)n1C[C@@H]1CCCO1)CCC3. The van der Waals surface area contributed by atoms with Crippen LogP contribution >= 0.6 is 23.6 Å². The fourth-order valence-electron chi connectivity index (χ4n) is 3.27. The summed E-state index contributed by atoms with van der Waals surface area (Å²) in [6.45, 7) is 1.38. The zero-order valence-corrected chi connectivity index (χ0v) is 12.7. The van der Waals surface area contributed by atoms with Gasteiger partial charge in [0.2, 0.25) is 0 Å². The summed E-state index contributed by atoms with van der Waals surface area (Å²) in [6.07, 6.45) is 5.51. The summed E-state index contributed by atoms with van der Waals surface area (Å²) in [6, 6.07) is 0. The minimum Gasteiger partial charge on any atom is -0.376 e. The maximum absolute atomic E-state index is 12.8. The highest BCUT2D eigenvalue weighted by Crippen LogP contribution is 2.34. The number of H-pyrrole nitrogens is 1. The zero-order chi connectivity index (χ0) is 13.7. The molecule has 2 aliphatic rings. The fourth-order valence-corrected chi connectivity index (χ4v) is 4.87. The van der Waals surface area contributed by atoms with Crippen LogP contribution in [0.2, 0.25) is 0 Å². The van der Waals surface area contributed by atoms with E-state index in [4.69, 9.17) is 17.0 Å². The van der Waals surface area contributed by atoms with Crippen molar-refractivity contribution in [2.45, 2.75) is 44.8 Å². The maximum atomic E-state index is 12.8. The molecule has 0 radical (unpaired) electrons. The summed E-state index contributed by atoms with van der Waals surface area (Å²) in [5.74, 6) is 0. The van der Waals surface area contributed by atoms with Gasteiger partial charge in [0.1, 0.15) is 4.83 Å². The molecule has 0 bridgehead atoms. The Balaban J connectivity index is 1.88. The zero-order valence-electron chi connectivity index (χ0n) is 11.1. The molecule has 1 aliphatic carbocycles. The number of hydrogen-bond donors (Lipinski definition) is 1. The predicted molar refractivity (Wildman–Crippen MR) is 82.3 cm³/mol. The number of fused-ring (bicyclic) bond motifs is 3. The van der Waals surface area contributed by atoms with E-state index in [0.717, 1.165) is 48.9 Å². The molecule has 1 N–H and O–H groups in total. The lowest BCUT2D eigenvalue weighted by Crippen LogP contribution is -2.28. The summed E-state index contributed by atoms with van der Waals surface area (Å²) in [7, 11) is 0. The van der Waals surface area contributed by atoms with E-state index in [0.29, 0.717) is 11.3 Å². The van der Waals surface area contributed by atoms with Gasteiger partial charge in [-0.3, -0.25) is 9.36 Å². The average Bonchev–Trinajstić information content (AvgIpc) is 3.09. The van der Waals surface area contributed by atoms with Gasteiger partial charge in [-0.15, -0.1) is 11.3 Å². The van der Waals surface area contributed by atoms with E-state index in [2.05, 4.69) is 4.98 Å². The molecule has 0 aromatic carbocycles. The van der Waals surface area contributed by atoms with E-state index >= 15 is 0 Å². The smallest absolute Gasteiger partial charge is 0.263 e. The lowest BCUT2D eigenvalue weighted by atomic mass is 10.2. The molecule has 0 spiro atoms. The van der Waals surface area contributed by atoms with Crippen LogP contribution in [-0.4, -0.2) is 22.3 Å². The van der Waals surface area contributed by atoms with E-state index in [9.17, 15) is 4.79 Å². The number of rotatable bonds is 2. The van der Waals surface area contributed by atoms with Gasteiger partial charge >= 0.3 is 0 Å². The molecule has 4 nitrogen and oxygen atoms in total. The molecule has 1 saturated heterocycles. The molecule has 2 aromatic rings. The minimum atomic E-state index is 0.0682. The number of ether oxygens (including phenoxy) is 1. The minimum absolute atomic E-state index is 0.0682. The Labute approximate surface area is 125 Å². The second-order valence-corrected chi connectivity index (χ2v) is 7.03. The van der Waals surface area contributed by atoms with Gasteiger partial charge in [-0.05, 0) is 49.9 Å². The van der Waals surface area contributed by atoms with Crippen LogP contribution in [0.5, 0.6) is 0 Å². The molecule has 6 heteroatoms. The second kappa shape index (κ2) is 4.79. The Bertz CT molecular complexity index is 781. The normalized spacial score (nSPS) is 21.7. The van der Waals surface area contributed by atoms with Gasteiger partial charge in [-0.1, -0.05) is 0 Å². The summed E-state index contributed by atoms with van der Waals surface area (Å²) >= 11 is 7.07. The molecule has 0 unspecified atom stereocenters. The van der Waals surface area contributed by atoms with Crippen molar-refractivity contribution in [1.29, 1.82) is 0 Å². The van der Waals surface area contributed by atoms with Gasteiger partial charge in [0.15, 0.2) is 4.77 Å². The highest BCUT2D eigenvalue weighted by Gasteiger charge is 2.23. The van der Waals surface area contributed by atoms with Crippen molar-refractivity contribution < 1.29 is 4.74 Å². The number of aromatic nitrogens is 2. The summed E-state index contributed by atoms with van der Waals surface area (Å²) < 4.78 is 7.86. The van der Waals surface area contributed by atoms with Gasteiger partial charge in [-0.25, -0.2) is 0 Å². The fraction of sp³-hybridized carbons (Fsp3) is 0.571. The van der Waals surface area contributed by atoms with Crippen molar-refractivity contribution in [2.75, 3.05) is 6.61 Å². The lowest BCUT2D eigenvalue weighted by molar-refractivity contribution is 0.0957. The van der Waals surface area contributed by atoms with Crippen LogP contribution in [0.15, 0.2) is 4.79 Å². The number of aryl methyl sites for hydroxylation is 2. The van der Waals surface area contributed by atoms with Crippen molar-refractivity contribution in [1.82, 2.24) is 9.55 Å². The molecule has 2 aromatic heterocycles. The predicted octanol–water partition coefficient (Wildman–Crippen LogP) is 2.79. The Morgan fingerprint density at radius 1 is 1.40 bits per heavy atom. The molecule has 4 rings (SSSR count). The number of thiophene rings is 1. The van der Waals surface area contributed by atoms with E-state index in [-0.39, 0.29) is 11.7 Å². The molecular formula is C14H16N2O2S2. The monoisotopic (exact) mass is 308 g/mol. The third-order valence-electron chi connectivity index (χ3n) is 4.26. The van der Waals surface area contributed by atoms with Gasteiger partial charge < -0.3 is 9.72 Å². The van der Waals surface area contributed by atoms with Crippen LogP contribution in [0.4, 0.5) is 0 Å². The van der Waals surface area contributed by atoms with Crippen LogP contribution in [-0.2, 0) is 24.1 Å². The van der Waals surface area contributed by atoms with E-state index in [1.54, 1.807) is 15.9 Å². The Hall–Kier alpha value is -0.980. The summed E-state index contributed by atoms with van der Waals surface area (Å²) in [5, 5.41) is 0.870. The topological polar surface area (TPSA) is 47.0 Å². The highest BCUT2D eigenvalue weighted by molar-refractivity contribution is 7.71. The first-order valence-corrected chi connectivity index (χ1v) is 8.35. The third kappa shape index (κ3) is 1.89.